The summed E-state index contributed by atoms with van der Waals surface area (Å²) in [7, 11) is 0. The molecule has 0 heterocycles. The second-order valence-corrected chi connectivity index (χ2v) is 4.61. The van der Waals surface area contributed by atoms with Crippen molar-refractivity contribution in [3.05, 3.63) is 12.7 Å². The Morgan fingerprint density at radius 1 is 1.50 bits per heavy atom. The van der Waals surface area contributed by atoms with Gasteiger partial charge in [-0.25, -0.2) is 4.79 Å². The molecule has 0 saturated carbocycles. The summed E-state index contributed by atoms with van der Waals surface area (Å²) >= 11 is 0. The van der Waals surface area contributed by atoms with Crippen LogP contribution in [0.1, 0.15) is 26.7 Å². The van der Waals surface area contributed by atoms with Crippen LogP contribution in [0.15, 0.2) is 12.7 Å². The van der Waals surface area contributed by atoms with Gasteiger partial charge in [-0.15, -0.1) is 6.58 Å². The first-order valence-corrected chi connectivity index (χ1v) is 5.69. The molecule has 6 heteroatoms. The number of carboxylic acid groups (broad SMARTS) is 1. The topological polar surface area (TPSA) is 95.9 Å². The number of ether oxygens (including phenoxy) is 1. The van der Waals surface area contributed by atoms with E-state index < -0.39 is 17.6 Å². The molecule has 0 aromatic carbocycles. The largest absolute Gasteiger partial charge is 0.480 e. The highest BCUT2D eigenvalue weighted by molar-refractivity contribution is 5.83. The van der Waals surface area contributed by atoms with E-state index in [0.717, 1.165) is 0 Å². The van der Waals surface area contributed by atoms with Crippen molar-refractivity contribution in [2.75, 3.05) is 13.2 Å². The van der Waals surface area contributed by atoms with Crippen LogP contribution in [0, 0.1) is 0 Å². The zero-order valence-corrected chi connectivity index (χ0v) is 10.8. The summed E-state index contributed by atoms with van der Waals surface area (Å²) in [6, 6.07) is -1.11. The van der Waals surface area contributed by atoms with Crippen molar-refractivity contribution in [2.24, 2.45) is 0 Å². The molecule has 0 bridgehead atoms. The van der Waals surface area contributed by atoms with E-state index in [0.29, 0.717) is 6.42 Å². The molecule has 0 spiro atoms. The van der Waals surface area contributed by atoms with E-state index in [4.69, 9.17) is 9.84 Å². The number of amides is 1. The van der Waals surface area contributed by atoms with Crippen LogP contribution < -0.4 is 5.32 Å². The lowest BCUT2D eigenvalue weighted by Gasteiger charge is -2.19. The molecule has 3 N–H and O–H groups in total. The van der Waals surface area contributed by atoms with Crippen LogP contribution in [-0.2, 0) is 14.3 Å². The quantitative estimate of drug-likeness (QED) is 0.518. The maximum absolute atomic E-state index is 11.3. The molecule has 104 valence electrons. The number of aliphatic carboxylic acids is 1. The van der Waals surface area contributed by atoms with Gasteiger partial charge in [0.2, 0.25) is 5.91 Å². The highest BCUT2D eigenvalue weighted by Crippen LogP contribution is 2.02. The van der Waals surface area contributed by atoms with E-state index in [9.17, 15) is 14.7 Å². The van der Waals surface area contributed by atoms with Crippen molar-refractivity contribution in [3.63, 3.8) is 0 Å². The molecule has 0 radical (unpaired) electrons. The number of allylic oxidation sites excluding steroid dienone is 1. The molecule has 0 aromatic heterocycles. The van der Waals surface area contributed by atoms with Gasteiger partial charge in [0.15, 0.2) is 6.04 Å². The van der Waals surface area contributed by atoms with Gasteiger partial charge < -0.3 is 20.3 Å². The third-order valence-corrected chi connectivity index (χ3v) is 1.95. The number of carbonyl (C=O) groups excluding carboxylic acids is 1. The van der Waals surface area contributed by atoms with Crippen molar-refractivity contribution >= 4 is 11.9 Å². The van der Waals surface area contributed by atoms with Crippen molar-refractivity contribution in [1.82, 2.24) is 5.32 Å². The van der Waals surface area contributed by atoms with Crippen molar-refractivity contribution < 1.29 is 24.5 Å². The van der Waals surface area contributed by atoms with E-state index in [-0.39, 0.29) is 25.5 Å². The molecule has 0 aliphatic carbocycles. The molecule has 0 aliphatic rings. The zero-order chi connectivity index (χ0) is 14.2. The molecular formula is C12H21NO5. The molecule has 6 nitrogen and oxygen atoms in total. The summed E-state index contributed by atoms with van der Waals surface area (Å²) in [6.45, 7) is 6.39. The molecule has 18 heavy (non-hydrogen) atoms. The molecule has 1 unspecified atom stereocenters. The normalized spacial score (nSPS) is 12.8. The van der Waals surface area contributed by atoms with Gasteiger partial charge in [0.1, 0.15) is 0 Å². The minimum atomic E-state index is -1.17. The lowest BCUT2D eigenvalue weighted by Crippen LogP contribution is -2.44. The number of rotatable bonds is 9. The summed E-state index contributed by atoms with van der Waals surface area (Å²) in [5.41, 5.74) is -1.03. The summed E-state index contributed by atoms with van der Waals surface area (Å²) in [4.78, 5) is 22.2. The lowest BCUT2D eigenvalue weighted by atomic mass is 10.2. The third kappa shape index (κ3) is 8.72. The second-order valence-electron chi connectivity index (χ2n) is 4.61. The SMILES string of the molecule is C=CCCC(=O)NC(COCC(C)(C)O)C(=O)O. The number of carbonyl (C=O) groups is 2. The number of carboxylic acids is 1. The third-order valence-electron chi connectivity index (χ3n) is 1.95. The van der Waals surface area contributed by atoms with Crippen LogP contribution in [0.2, 0.25) is 0 Å². The first kappa shape index (κ1) is 16.6. The van der Waals surface area contributed by atoms with Crippen molar-refractivity contribution in [1.29, 1.82) is 0 Å². The lowest BCUT2D eigenvalue weighted by molar-refractivity contribution is -0.144. The monoisotopic (exact) mass is 259 g/mol. The smallest absolute Gasteiger partial charge is 0.328 e. The minimum Gasteiger partial charge on any atom is -0.480 e. The van der Waals surface area contributed by atoms with Gasteiger partial charge in [-0.05, 0) is 20.3 Å². The van der Waals surface area contributed by atoms with E-state index in [2.05, 4.69) is 11.9 Å². The maximum Gasteiger partial charge on any atom is 0.328 e. The van der Waals surface area contributed by atoms with Gasteiger partial charge in [-0.3, -0.25) is 4.79 Å². The van der Waals surface area contributed by atoms with E-state index in [1.807, 2.05) is 0 Å². The summed E-state index contributed by atoms with van der Waals surface area (Å²) < 4.78 is 5.06. The Kier molecular flexibility index (Phi) is 7.23. The van der Waals surface area contributed by atoms with E-state index in [1.54, 1.807) is 19.9 Å². The summed E-state index contributed by atoms with van der Waals surface area (Å²) in [5, 5.41) is 20.6. The average Bonchev–Trinajstić information content (AvgIpc) is 2.23. The van der Waals surface area contributed by atoms with Gasteiger partial charge in [-0.2, -0.15) is 0 Å². The first-order valence-electron chi connectivity index (χ1n) is 5.69. The van der Waals surface area contributed by atoms with Crippen LogP contribution in [-0.4, -0.2) is 46.9 Å². The fourth-order valence-corrected chi connectivity index (χ4v) is 1.10. The molecule has 1 atom stereocenters. The maximum atomic E-state index is 11.3. The van der Waals surface area contributed by atoms with Crippen molar-refractivity contribution in [3.8, 4) is 0 Å². The highest BCUT2D eigenvalue weighted by atomic mass is 16.5. The molecule has 0 fully saturated rings. The van der Waals surface area contributed by atoms with Gasteiger partial charge in [-0.1, -0.05) is 6.08 Å². The van der Waals surface area contributed by atoms with E-state index >= 15 is 0 Å². The Morgan fingerprint density at radius 2 is 2.11 bits per heavy atom. The number of hydrogen-bond acceptors (Lipinski definition) is 4. The number of nitrogens with one attached hydrogen (secondary N) is 1. The Hall–Kier alpha value is -1.40. The predicted molar refractivity (Wildman–Crippen MR) is 66.1 cm³/mol. The number of hydrogen-bond donors (Lipinski definition) is 3. The van der Waals surface area contributed by atoms with Crippen LogP contribution in [0.4, 0.5) is 0 Å². The number of aliphatic hydroxyl groups is 1. The standard InChI is InChI=1S/C12H21NO5/c1-4-5-6-10(14)13-9(11(15)16)7-18-8-12(2,3)17/h4,9,17H,1,5-8H2,2-3H3,(H,13,14)(H,15,16). The molecule has 0 aliphatic heterocycles. The van der Waals surface area contributed by atoms with Crippen molar-refractivity contribution in [2.45, 2.75) is 38.3 Å². The van der Waals surface area contributed by atoms with Crippen LogP contribution in [0.3, 0.4) is 0 Å². The van der Waals surface area contributed by atoms with Crippen LogP contribution >= 0.6 is 0 Å². The predicted octanol–water partition coefficient (Wildman–Crippen LogP) is 0.309. The Balaban J connectivity index is 4.11. The molecule has 0 aromatic rings. The Bertz CT molecular complexity index is 295. The molecule has 1 amide bonds. The highest BCUT2D eigenvalue weighted by Gasteiger charge is 2.21. The molecule has 0 saturated heterocycles. The van der Waals surface area contributed by atoms with Gasteiger partial charge in [0, 0.05) is 6.42 Å². The molecular weight excluding hydrogens is 238 g/mol. The van der Waals surface area contributed by atoms with Gasteiger partial charge in [0.05, 0.1) is 18.8 Å². The first-order chi connectivity index (χ1) is 8.26. The molecule has 0 rings (SSSR count). The zero-order valence-electron chi connectivity index (χ0n) is 10.8. The Labute approximate surface area is 107 Å². The Morgan fingerprint density at radius 3 is 2.56 bits per heavy atom. The van der Waals surface area contributed by atoms with E-state index in [1.165, 1.54) is 0 Å². The summed E-state index contributed by atoms with van der Waals surface area (Å²) in [6.07, 6.45) is 2.27. The van der Waals surface area contributed by atoms with Gasteiger partial charge in [0.25, 0.3) is 0 Å². The van der Waals surface area contributed by atoms with Gasteiger partial charge >= 0.3 is 5.97 Å². The average molecular weight is 259 g/mol. The fraction of sp³-hybridized carbons (Fsp3) is 0.667. The fourth-order valence-electron chi connectivity index (χ4n) is 1.10. The summed E-state index contributed by atoms with van der Waals surface area (Å²) in [5.74, 6) is -1.54. The van der Waals surface area contributed by atoms with Crippen LogP contribution in [0.5, 0.6) is 0 Å². The minimum absolute atomic E-state index is 0.000686. The second kappa shape index (κ2) is 7.84. The van der Waals surface area contributed by atoms with Crippen LogP contribution in [0.25, 0.3) is 0 Å².